The molecule has 10 nitrogen and oxygen atoms in total. The molecule has 0 bridgehead atoms. The van der Waals surface area contributed by atoms with Gasteiger partial charge in [-0.2, -0.15) is 0 Å². The van der Waals surface area contributed by atoms with E-state index in [1.165, 1.54) is 4.90 Å². The largest absolute Gasteiger partial charge is 0.486 e. The first kappa shape index (κ1) is 21.0. The number of likely N-dealkylation sites (tertiary alicyclic amines) is 1. The van der Waals surface area contributed by atoms with Gasteiger partial charge in [0, 0.05) is 12.6 Å². The third-order valence-corrected chi connectivity index (χ3v) is 4.66. The molecule has 1 aromatic rings. The molecule has 1 aromatic heterocycles. The van der Waals surface area contributed by atoms with Crippen molar-refractivity contribution < 1.29 is 34.0 Å². The molecule has 0 aliphatic carbocycles. The minimum atomic E-state index is -1.10. The van der Waals surface area contributed by atoms with E-state index in [4.69, 9.17) is 19.3 Å². The van der Waals surface area contributed by atoms with Gasteiger partial charge in [0.1, 0.15) is 18.8 Å². The zero-order valence-electron chi connectivity index (χ0n) is 16.8. The zero-order chi connectivity index (χ0) is 21.2. The van der Waals surface area contributed by atoms with Crippen molar-refractivity contribution in [1.82, 2.24) is 14.8 Å². The van der Waals surface area contributed by atoms with E-state index in [0.29, 0.717) is 30.4 Å². The molecule has 10 heteroatoms. The molecule has 0 spiro atoms. The molecule has 0 unspecified atom stereocenters. The molecule has 2 N–H and O–H groups in total. The average Bonchev–Trinajstić information content (AvgIpc) is 2.64. The fraction of sp³-hybridized carbons (Fsp3) is 0.632. The molecule has 0 radical (unpaired) electrons. The van der Waals surface area contributed by atoms with E-state index in [1.54, 1.807) is 33.0 Å². The number of hydrogen-bond donors (Lipinski definition) is 2. The molecule has 0 aromatic carbocycles. The van der Waals surface area contributed by atoms with E-state index in [0.717, 1.165) is 4.90 Å². The fourth-order valence-corrected chi connectivity index (χ4v) is 3.34. The van der Waals surface area contributed by atoms with Crippen LogP contribution in [0.2, 0.25) is 0 Å². The fourth-order valence-electron chi connectivity index (χ4n) is 3.34. The number of aromatic nitrogens is 1. The second-order valence-electron chi connectivity index (χ2n) is 8.08. The summed E-state index contributed by atoms with van der Waals surface area (Å²) in [6, 6.07) is 1.10. The molecular weight excluding hydrogens is 382 g/mol. The number of nitrogens with zero attached hydrogens (tertiary/aromatic N) is 3. The summed E-state index contributed by atoms with van der Waals surface area (Å²) in [6.07, 6.45) is -0.899. The highest BCUT2D eigenvalue weighted by atomic mass is 16.6. The highest BCUT2D eigenvalue weighted by molar-refractivity contribution is 5.69. The molecule has 2 atom stereocenters. The topological polar surface area (TPSA) is 122 Å². The summed E-state index contributed by atoms with van der Waals surface area (Å²) < 4.78 is 16.6. The highest BCUT2D eigenvalue weighted by Crippen LogP contribution is 2.30. The van der Waals surface area contributed by atoms with Gasteiger partial charge in [-0.1, -0.05) is 0 Å². The van der Waals surface area contributed by atoms with Crippen molar-refractivity contribution in [3.8, 4) is 11.5 Å². The number of carbonyl (C=O) groups excluding carboxylic acids is 1. The van der Waals surface area contributed by atoms with Crippen molar-refractivity contribution in [2.75, 3.05) is 26.3 Å². The molecule has 1 fully saturated rings. The van der Waals surface area contributed by atoms with Crippen molar-refractivity contribution in [2.45, 2.75) is 51.5 Å². The van der Waals surface area contributed by atoms with Crippen molar-refractivity contribution in [3.63, 3.8) is 0 Å². The molecule has 3 rings (SSSR count). The standard InChI is InChI=1S/C19H27N3O7/c1-19(2,3)29-18(26)22(13-4-5-21(17(24)25)11-14(13)23)10-12-8-15-16(9-20-12)28-7-6-27-15/h8-9,13-14,23H,4-7,10-11H2,1-3H3,(H,24,25)/t13-,14+/m0/s1. The number of carbonyl (C=O) groups is 2. The summed E-state index contributed by atoms with van der Waals surface area (Å²) in [7, 11) is 0. The van der Waals surface area contributed by atoms with Gasteiger partial charge in [-0.3, -0.25) is 9.88 Å². The van der Waals surface area contributed by atoms with Crippen molar-refractivity contribution in [1.29, 1.82) is 0 Å². The first-order valence-electron chi connectivity index (χ1n) is 9.54. The summed E-state index contributed by atoms with van der Waals surface area (Å²) in [5, 5.41) is 19.7. The van der Waals surface area contributed by atoms with Gasteiger partial charge in [0.2, 0.25) is 0 Å². The van der Waals surface area contributed by atoms with Gasteiger partial charge in [-0.05, 0) is 27.2 Å². The van der Waals surface area contributed by atoms with Gasteiger partial charge in [0.15, 0.2) is 11.5 Å². The second-order valence-corrected chi connectivity index (χ2v) is 8.08. The van der Waals surface area contributed by atoms with E-state index in [-0.39, 0.29) is 26.1 Å². The van der Waals surface area contributed by atoms with Gasteiger partial charge >= 0.3 is 12.2 Å². The third-order valence-electron chi connectivity index (χ3n) is 4.66. The molecule has 160 valence electrons. The van der Waals surface area contributed by atoms with Crippen LogP contribution in [0.5, 0.6) is 11.5 Å². The van der Waals surface area contributed by atoms with Crippen LogP contribution in [0.15, 0.2) is 12.3 Å². The van der Waals surface area contributed by atoms with Gasteiger partial charge in [-0.25, -0.2) is 9.59 Å². The second kappa shape index (κ2) is 8.32. The van der Waals surface area contributed by atoms with E-state index in [9.17, 15) is 14.7 Å². The van der Waals surface area contributed by atoms with Gasteiger partial charge in [-0.15, -0.1) is 0 Å². The Kier molecular flexibility index (Phi) is 6.02. The van der Waals surface area contributed by atoms with Crippen LogP contribution < -0.4 is 9.47 Å². The molecule has 2 aliphatic rings. The van der Waals surface area contributed by atoms with Crippen molar-refractivity contribution >= 4 is 12.2 Å². The predicted octanol–water partition coefficient (Wildman–Crippen LogP) is 1.70. The maximum atomic E-state index is 12.9. The van der Waals surface area contributed by atoms with Gasteiger partial charge in [0.05, 0.1) is 37.1 Å². The lowest BCUT2D eigenvalue weighted by atomic mass is 10.00. The van der Waals surface area contributed by atoms with Crippen LogP contribution in [0.25, 0.3) is 0 Å². The number of ether oxygens (including phenoxy) is 3. The Bertz CT molecular complexity index is 765. The molecule has 2 amide bonds. The Morgan fingerprint density at radius 3 is 2.62 bits per heavy atom. The maximum absolute atomic E-state index is 12.9. The summed E-state index contributed by atoms with van der Waals surface area (Å²) in [5.74, 6) is 1.09. The number of aliphatic hydroxyl groups excluding tert-OH is 1. The predicted molar refractivity (Wildman–Crippen MR) is 101 cm³/mol. The van der Waals surface area contributed by atoms with Crippen LogP contribution in [0.4, 0.5) is 9.59 Å². The summed E-state index contributed by atoms with van der Waals surface area (Å²) in [5.41, 5.74) is -0.171. The van der Waals surface area contributed by atoms with Crippen LogP contribution in [0, 0.1) is 0 Å². The number of fused-ring (bicyclic) bond motifs is 1. The van der Waals surface area contributed by atoms with Crippen LogP contribution in [0.1, 0.15) is 32.9 Å². The third kappa shape index (κ3) is 5.20. The van der Waals surface area contributed by atoms with Crippen LogP contribution in [0.3, 0.4) is 0 Å². The Morgan fingerprint density at radius 1 is 1.31 bits per heavy atom. The van der Waals surface area contributed by atoms with Crippen molar-refractivity contribution in [3.05, 3.63) is 18.0 Å². The minimum absolute atomic E-state index is 0.0755. The van der Waals surface area contributed by atoms with Crippen molar-refractivity contribution in [2.24, 2.45) is 0 Å². The van der Waals surface area contributed by atoms with Gasteiger partial charge in [0.25, 0.3) is 0 Å². The lowest BCUT2D eigenvalue weighted by molar-refractivity contribution is -0.0319. The normalized spacial score (nSPS) is 21.4. The Balaban J connectivity index is 1.81. The monoisotopic (exact) mass is 409 g/mol. The lowest BCUT2D eigenvalue weighted by Gasteiger charge is -2.41. The maximum Gasteiger partial charge on any atom is 0.410 e. The molecule has 2 aliphatic heterocycles. The van der Waals surface area contributed by atoms with E-state index >= 15 is 0 Å². The number of pyridine rings is 1. The molecule has 3 heterocycles. The van der Waals surface area contributed by atoms with Crippen LogP contribution in [-0.2, 0) is 11.3 Å². The molecule has 0 saturated carbocycles. The zero-order valence-corrected chi connectivity index (χ0v) is 16.8. The number of hydrogen-bond acceptors (Lipinski definition) is 7. The number of carboxylic acid groups (broad SMARTS) is 1. The van der Waals surface area contributed by atoms with E-state index in [2.05, 4.69) is 4.98 Å². The first-order chi connectivity index (χ1) is 13.6. The number of aliphatic hydroxyl groups is 1. The molecule has 29 heavy (non-hydrogen) atoms. The van der Waals surface area contributed by atoms with Crippen LogP contribution in [-0.4, -0.2) is 81.2 Å². The minimum Gasteiger partial charge on any atom is -0.486 e. The van der Waals surface area contributed by atoms with Crippen LogP contribution >= 0.6 is 0 Å². The highest BCUT2D eigenvalue weighted by Gasteiger charge is 2.38. The number of β-amino-alcohol motifs (C(OH)–C–C–N with tert-alkyl or cyclic N) is 1. The Morgan fingerprint density at radius 2 is 2.00 bits per heavy atom. The SMILES string of the molecule is CC(C)(C)OC(=O)N(Cc1cc2c(cn1)OCCO2)[C@H]1CCN(C(=O)O)C[C@H]1O. The quantitative estimate of drug-likeness (QED) is 0.774. The number of amides is 2. The lowest BCUT2D eigenvalue weighted by Crippen LogP contribution is -2.57. The smallest absolute Gasteiger partial charge is 0.410 e. The summed E-state index contributed by atoms with van der Waals surface area (Å²) in [6.45, 7) is 6.38. The number of rotatable bonds is 3. The van der Waals surface area contributed by atoms with E-state index in [1.807, 2.05) is 0 Å². The first-order valence-corrected chi connectivity index (χ1v) is 9.54. The van der Waals surface area contributed by atoms with E-state index < -0.39 is 29.9 Å². The molecule has 1 saturated heterocycles. The average molecular weight is 409 g/mol. The summed E-state index contributed by atoms with van der Waals surface area (Å²) in [4.78, 5) is 31.0. The molecular formula is C19H27N3O7. The number of piperidine rings is 1. The van der Waals surface area contributed by atoms with Gasteiger partial charge < -0.3 is 29.3 Å². The Hall–Kier alpha value is -2.75. The Labute approximate surface area is 169 Å². The summed E-state index contributed by atoms with van der Waals surface area (Å²) >= 11 is 0.